The molecule has 0 saturated heterocycles. The minimum atomic E-state index is -4.15. The summed E-state index contributed by atoms with van der Waals surface area (Å²) in [5, 5.41) is 9.56. The molecule has 15 heavy (non-hydrogen) atoms. The molecule has 0 aliphatic rings. The SMILES string of the molecule is Cc1occc1C(O)CCCC(F)(F)F. The third-order valence-electron chi connectivity index (χ3n) is 2.20. The van der Waals surface area contributed by atoms with E-state index in [2.05, 4.69) is 0 Å². The third kappa shape index (κ3) is 3.95. The summed E-state index contributed by atoms with van der Waals surface area (Å²) in [4.78, 5) is 0. The van der Waals surface area contributed by atoms with E-state index in [4.69, 9.17) is 4.42 Å². The van der Waals surface area contributed by atoms with Gasteiger partial charge < -0.3 is 9.52 Å². The number of furan rings is 1. The maximum Gasteiger partial charge on any atom is 0.389 e. The quantitative estimate of drug-likeness (QED) is 0.847. The van der Waals surface area contributed by atoms with Crippen molar-refractivity contribution in [2.45, 2.75) is 38.5 Å². The molecule has 1 N–H and O–H groups in total. The Morgan fingerprint density at radius 2 is 2.13 bits per heavy atom. The van der Waals surface area contributed by atoms with E-state index >= 15 is 0 Å². The van der Waals surface area contributed by atoms with Crippen LogP contribution in [-0.2, 0) is 0 Å². The lowest BCUT2D eigenvalue weighted by molar-refractivity contribution is -0.136. The summed E-state index contributed by atoms with van der Waals surface area (Å²) in [6.07, 6.45) is -4.44. The first-order valence-electron chi connectivity index (χ1n) is 4.69. The molecule has 1 atom stereocenters. The summed E-state index contributed by atoms with van der Waals surface area (Å²) in [6, 6.07) is 1.58. The van der Waals surface area contributed by atoms with Gasteiger partial charge in [-0.05, 0) is 25.8 Å². The van der Waals surface area contributed by atoms with Crippen LogP contribution in [0.3, 0.4) is 0 Å². The summed E-state index contributed by atoms with van der Waals surface area (Å²) < 4.78 is 40.4. The van der Waals surface area contributed by atoms with Crippen molar-refractivity contribution < 1.29 is 22.7 Å². The van der Waals surface area contributed by atoms with E-state index in [0.29, 0.717) is 11.3 Å². The minimum Gasteiger partial charge on any atom is -0.469 e. The molecule has 86 valence electrons. The van der Waals surface area contributed by atoms with Gasteiger partial charge in [0.1, 0.15) is 5.76 Å². The Labute approximate surface area is 85.7 Å². The van der Waals surface area contributed by atoms with Crippen LogP contribution in [0.25, 0.3) is 0 Å². The fourth-order valence-corrected chi connectivity index (χ4v) is 1.39. The van der Waals surface area contributed by atoms with Gasteiger partial charge in [0.2, 0.25) is 0 Å². The van der Waals surface area contributed by atoms with Gasteiger partial charge in [0.15, 0.2) is 0 Å². The molecule has 0 aliphatic heterocycles. The summed E-state index contributed by atoms with van der Waals surface area (Å²) in [7, 11) is 0. The van der Waals surface area contributed by atoms with Crippen molar-refractivity contribution in [3.63, 3.8) is 0 Å². The van der Waals surface area contributed by atoms with E-state index in [1.165, 1.54) is 6.26 Å². The van der Waals surface area contributed by atoms with Crippen molar-refractivity contribution in [3.8, 4) is 0 Å². The Kier molecular flexibility index (Phi) is 3.79. The molecular weight excluding hydrogens is 209 g/mol. The summed E-state index contributed by atoms with van der Waals surface area (Å²) >= 11 is 0. The second-order valence-electron chi connectivity index (χ2n) is 3.46. The second kappa shape index (κ2) is 4.70. The van der Waals surface area contributed by atoms with Crippen molar-refractivity contribution in [2.24, 2.45) is 0 Å². The second-order valence-corrected chi connectivity index (χ2v) is 3.46. The van der Waals surface area contributed by atoms with Crippen LogP contribution in [0.2, 0.25) is 0 Å². The molecule has 1 heterocycles. The molecule has 0 aromatic carbocycles. The average Bonchev–Trinajstić information content (AvgIpc) is 2.48. The number of rotatable bonds is 4. The van der Waals surface area contributed by atoms with Gasteiger partial charge >= 0.3 is 6.18 Å². The van der Waals surface area contributed by atoms with Gasteiger partial charge in [-0.1, -0.05) is 0 Å². The van der Waals surface area contributed by atoms with Gasteiger partial charge in [0, 0.05) is 12.0 Å². The number of aliphatic hydroxyl groups is 1. The first-order valence-corrected chi connectivity index (χ1v) is 4.69. The fourth-order valence-electron chi connectivity index (χ4n) is 1.39. The summed E-state index contributed by atoms with van der Waals surface area (Å²) in [6.45, 7) is 1.67. The lowest BCUT2D eigenvalue weighted by Crippen LogP contribution is -2.08. The number of alkyl halides is 3. The maximum absolute atomic E-state index is 11.8. The van der Waals surface area contributed by atoms with Crippen LogP contribution in [0.15, 0.2) is 16.7 Å². The highest BCUT2D eigenvalue weighted by atomic mass is 19.4. The number of hydrogen-bond donors (Lipinski definition) is 1. The molecule has 0 radical (unpaired) electrons. The normalized spacial score (nSPS) is 14.2. The molecule has 5 heteroatoms. The van der Waals surface area contributed by atoms with Crippen molar-refractivity contribution in [3.05, 3.63) is 23.7 Å². The van der Waals surface area contributed by atoms with Gasteiger partial charge in [-0.2, -0.15) is 13.2 Å². The number of halogens is 3. The Balaban J connectivity index is 2.37. The Morgan fingerprint density at radius 1 is 1.47 bits per heavy atom. The Morgan fingerprint density at radius 3 is 2.60 bits per heavy atom. The van der Waals surface area contributed by atoms with Crippen LogP contribution in [0.5, 0.6) is 0 Å². The highest BCUT2D eigenvalue weighted by Gasteiger charge is 2.26. The lowest BCUT2D eigenvalue weighted by atomic mass is 10.0. The van der Waals surface area contributed by atoms with Gasteiger partial charge in [-0.15, -0.1) is 0 Å². The Bertz CT molecular complexity index is 304. The largest absolute Gasteiger partial charge is 0.469 e. The maximum atomic E-state index is 11.8. The molecular formula is C10H13F3O2. The number of aliphatic hydroxyl groups excluding tert-OH is 1. The number of aryl methyl sites for hydroxylation is 1. The fraction of sp³-hybridized carbons (Fsp3) is 0.600. The molecule has 2 nitrogen and oxygen atoms in total. The van der Waals surface area contributed by atoms with Crippen molar-refractivity contribution in [2.75, 3.05) is 0 Å². The van der Waals surface area contributed by atoms with E-state index in [0.717, 1.165) is 0 Å². The molecule has 1 unspecified atom stereocenters. The van der Waals surface area contributed by atoms with Gasteiger partial charge in [-0.3, -0.25) is 0 Å². The molecule has 0 saturated carbocycles. The molecule has 1 rings (SSSR count). The summed E-state index contributed by atoms with van der Waals surface area (Å²) in [5.41, 5.74) is 0.567. The minimum absolute atomic E-state index is 0.0741. The predicted molar refractivity (Wildman–Crippen MR) is 48.3 cm³/mol. The highest BCUT2D eigenvalue weighted by molar-refractivity contribution is 5.18. The van der Waals surface area contributed by atoms with E-state index in [-0.39, 0.29) is 12.8 Å². The molecule has 1 aromatic heterocycles. The van der Waals surface area contributed by atoms with Crippen molar-refractivity contribution >= 4 is 0 Å². The molecule has 0 fully saturated rings. The Hall–Kier alpha value is -0.970. The van der Waals surface area contributed by atoms with E-state index < -0.39 is 18.7 Å². The molecule has 0 bridgehead atoms. The summed E-state index contributed by atoms with van der Waals surface area (Å²) in [5.74, 6) is 0.550. The van der Waals surface area contributed by atoms with E-state index in [1.807, 2.05) is 0 Å². The van der Waals surface area contributed by atoms with E-state index in [1.54, 1.807) is 13.0 Å². The first kappa shape index (κ1) is 12.1. The average molecular weight is 222 g/mol. The zero-order valence-corrected chi connectivity index (χ0v) is 8.34. The zero-order chi connectivity index (χ0) is 11.5. The lowest BCUT2D eigenvalue weighted by Gasteiger charge is -2.10. The predicted octanol–water partition coefficient (Wildman–Crippen LogP) is 3.35. The highest BCUT2D eigenvalue weighted by Crippen LogP contribution is 2.27. The van der Waals surface area contributed by atoms with Crippen molar-refractivity contribution in [1.29, 1.82) is 0 Å². The topological polar surface area (TPSA) is 33.4 Å². The first-order chi connectivity index (χ1) is 6.90. The van der Waals surface area contributed by atoms with Crippen LogP contribution in [0, 0.1) is 6.92 Å². The van der Waals surface area contributed by atoms with Crippen LogP contribution in [-0.4, -0.2) is 11.3 Å². The third-order valence-corrected chi connectivity index (χ3v) is 2.20. The van der Waals surface area contributed by atoms with E-state index in [9.17, 15) is 18.3 Å². The molecule has 1 aromatic rings. The van der Waals surface area contributed by atoms with Crippen LogP contribution in [0.4, 0.5) is 13.2 Å². The number of hydrogen-bond acceptors (Lipinski definition) is 2. The monoisotopic (exact) mass is 222 g/mol. The zero-order valence-electron chi connectivity index (χ0n) is 8.34. The molecule has 0 aliphatic carbocycles. The van der Waals surface area contributed by atoms with Crippen LogP contribution >= 0.6 is 0 Å². The molecule has 0 spiro atoms. The standard InChI is InChI=1S/C10H13F3O2/c1-7-8(4-6-15-7)9(14)3-2-5-10(11,12)13/h4,6,9,14H,2-3,5H2,1H3. The van der Waals surface area contributed by atoms with Gasteiger partial charge in [-0.25, -0.2) is 0 Å². The molecule has 0 amide bonds. The van der Waals surface area contributed by atoms with Crippen LogP contribution in [0.1, 0.15) is 36.7 Å². The van der Waals surface area contributed by atoms with Crippen molar-refractivity contribution in [1.82, 2.24) is 0 Å². The van der Waals surface area contributed by atoms with Crippen LogP contribution < -0.4 is 0 Å². The van der Waals surface area contributed by atoms with Gasteiger partial charge in [0.05, 0.1) is 12.4 Å². The van der Waals surface area contributed by atoms with Gasteiger partial charge in [0.25, 0.3) is 0 Å². The smallest absolute Gasteiger partial charge is 0.389 e.